The smallest absolute Gasteiger partial charge is 0.0189 e. The van der Waals surface area contributed by atoms with Gasteiger partial charge in [-0.05, 0) is 17.8 Å². The molecule has 0 spiro atoms. The van der Waals surface area contributed by atoms with Crippen LogP contribution in [0.25, 0.3) is 0 Å². The first kappa shape index (κ1) is 12.7. The van der Waals surface area contributed by atoms with E-state index in [1.807, 2.05) is 17.1 Å². The highest BCUT2D eigenvalue weighted by Crippen LogP contribution is 2.02. The molecule has 0 radical (unpaired) electrons. The molecule has 13 heavy (non-hydrogen) atoms. The summed E-state index contributed by atoms with van der Waals surface area (Å²) >= 11 is 3.20. The largest absolute Gasteiger partial charge is 0.0845 e. The van der Waals surface area contributed by atoms with Crippen LogP contribution in [0.15, 0.2) is 35.4 Å². The summed E-state index contributed by atoms with van der Waals surface area (Å²) in [7, 11) is 0. The molecule has 0 saturated heterocycles. The molecular formula is C12H19Br. The normalized spacial score (nSPS) is 12.5. The summed E-state index contributed by atoms with van der Waals surface area (Å²) in [5, 5.41) is 0. The molecule has 0 atom stereocenters. The van der Waals surface area contributed by atoms with Crippen molar-refractivity contribution in [3.05, 3.63) is 35.4 Å². The van der Waals surface area contributed by atoms with Crippen LogP contribution in [0.4, 0.5) is 0 Å². The molecule has 0 aromatic rings. The highest BCUT2D eigenvalue weighted by molar-refractivity contribution is 9.11. The van der Waals surface area contributed by atoms with Crippen LogP contribution in [0.2, 0.25) is 0 Å². The van der Waals surface area contributed by atoms with Gasteiger partial charge in [-0.1, -0.05) is 72.5 Å². The Morgan fingerprint density at radius 2 is 1.69 bits per heavy atom. The Bertz CT molecular complexity index is 166. The van der Waals surface area contributed by atoms with Crippen LogP contribution >= 0.6 is 15.9 Å². The Morgan fingerprint density at radius 1 is 0.923 bits per heavy atom. The van der Waals surface area contributed by atoms with Gasteiger partial charge in [0.25, 0.3) is 0 Å². The number of allylic oxidation sites excluding steroid dienone is 5. The van der Waals surface area contributed by atoms with Crippen molar-refractivity contribution in [2.45, 2.75) is 39.0 Å². The number of hydrogen-bond acceptors (Lipinski definition) is 0. The third-order valence-corrected chi connectivity index (χ3v) is 2.07. The highest BCUT2D eigenvalue weighted by atomic mass is 79.9. The molecule has 0 heterocycles. The third-order valence-electron chi connectivity index (χ3n) is 1.77. The first-order valence-corrected chi connectivity index (χ1v) is 5.92. The van der Waals surface area contributed by atoms with Crippen LogP contribution in [0.3, 0.4) is 0 Å². The summed E-state index contributed by atoms with van der Waals surface area (Å²) in [5.41, 5.74) is 0. The third kappa shape index (κ3) is 11.7. The zero-order chi connectivity index (χ0) is 9.78. The van der Waals surface area contributed by atoms with Gasteiger partial charge in [-0.15, -0.1) is 0 Å². The SMILES string of the molecule is CCCCCC/C=C/C=C/C=C/Br. The molecule has 0 unspecified atom stereocenters. The van der Waals surface area contributed by atoms with Crippen LogP contribution < -0.4 is 0 Å². The van der Waals surface area contributed by atoms with E-state index >= 15 is 0 Å². The molecular weight excluding hydrogens is 224 g/mol. The van der Waals surface area contributed by atoms with Crippen molar-refractivity contribution in [2.24, 2.45) is 0 Å². The molecule has 0 aliphatic rings. The predicted molar refractivity (Wildman–Crippen MR) is 65.1 cm³/mol. The molecule has 0 aliphatic heterocycles. The maximum Gasteiger partial charge on any atom is -0.0189 e. The summed E-state index contributed by atoms with van der Waals surface area (Å²) in [6.07, 6.45) is 17.0. The molecule has 0 aromatic heterocycles. The summed E-state index contributed by atoms with van der Waals surface area (Å²) in [6, 6.07) is 0. The van der Waals surface area contributed by atoms with Crippen molar-refractivity contribution in [1.82, 2.24) is 0 Å². The standard InChI is InChI=1S/C12H19Br/c1-2-3-4-5-6-7-8-9-10-11-12-13/h7-12H,2-6H2,1H3/b8-7+,10-9+,12-11+. The fourth-order valence-corrected chi connectivity index (χ4v) is 1.21. The second kappa shape index (κ2) is 11.7. The number of halogens is 1. The van der Waals surface area contributed by atoms with Crippen LogP contribution in [0, 0.1) is 0 Å². The second-order valence-corrected chi connectivity index (χ2v) is 3.51. The van der Waals surface area contributed by atoms with Crippen molar-refractivity contribution in [1.29, 1.82) is 0 Å². The molecule has 0 nitrogen and oxygen atoms in total. The fourth-order valence-electron chi connectivity index (χ4n) is 1.03. The Morgan fingerprint density at radius 3 is 2.38 bits per heavy atom. The van der Waals surface area contributed by atoms with Crippen molar-refractivity contribution in [2.75, 3.05) is 0 Å². The van der Waals surface area contributed by atoms with Crippen molar-refractivity contribution >= 4 is 15.9 Å². The molecule has 0 amide bonds. The lowest BCUT2D eigenvalue weighted by atomic mass is 10.1. The monoisotopic (exact) mass is 242 g/mol. The van der Waals surface area contributed by atoms with Gasteiger partial charge in [-0.25, -0.2) is 0 Å². The summed E-state index contributed by atoms with van der Waals surface area (Å²) in [6.45, 7) is 2.24. The quantitative estimate of drug-likeness (QED) is 0.437. The number of hydrogen-bond donors (Lipinski definition) is 0. The molecule has 0 fully saturated rings. The topological polar surface area (TPSA) is 0 Å². The van der Waals surface area contributed by atoms with Gasteiger partial charge in [0, 0.05) is 0 Å². The molecule has 0 N–H and O–H groups in total. The van der Waals surface area contributed by atoms with Gasteiger partial charge in [-0.2, -0.15) is 0 Å². The first-order chi connectivity index (χ1) is 6.41. The molecule has 0 bridgehead atoms. The lowest BCUT2D eigenvalue weighted by molar-refractivity contribution is 0.674. The van der Waals surface area contributed by atoms with E-state index in [-0.39, 0.29) is 0 Å². The van der Waals surface area contributed by atoms with Gasteiger partial charge < -0.3 is 0 Å². The minimum Gasteiger partial charge on any atom is -0.0845 e. The van der Waals surface area contributed by atoms with E-state index in [0.29, 0.717) is 0 Å². The van der Waals surface area contributed by atoms with E-state index in [1.54, 1.807) is 0 Å². The van der Waals surface area contributed by atoms with E-state index in [1.165, 1.54) is 32.1 Å². The lowest BCUT2D eigenvalue weighted by Gasteiger charge is -1.92. The minimum atomic E-state index is 1.21. The van der Waals surface area contributed by atoms with Gasteiger partial charge >= 0.3 is 0 Å². The molecule has 0 rings (SSSR count). The maximum atomic E-state index is 3.20. The first-order valence-electron chi connectivity index (χ1n) is 5.00. The van der Waals surface area contributed by atoms with E-state index in [9.17, 15) is 0 Å². The van der Waals surface area contributed by atoms with E-state index < -0.39 is 0 Å². The molecule has 74 valence electrons. The van der Waals surface area contributed by atoms with Gasteiger partial charge in [0.2, 0.25) is 0 Å². The molecule has 1 heteroatoms. The fraction of sp³-hybridized carbons (Fsp3) is 0.500. The van der Waals surface area contributed by atoms with Crippen LogP contribution in [0.5, 0.6) is 0 Å². The highest BCUT2D eigenvalue weighted by Gasteiger charge is 1.82. The summed E-state index contributed by atoms with van der Waals surface area (Å²) < 4.78 is 0. The minimum absolute atomic E-state index is 1.21. The van der Waals surface area contributed by atoms with Crippen LogP contribution in [-0.4, -0.2) is 0 Å². The Kier molecular flexibility index (Phi) is 11.4. The summed E-state index contributed by atoms with van der Waals surface area (Å²) in [4.78, 5) is 1.85. The van der Waals surface area contributed by atoms with Crippen molar-refractivity contribution < 1.29 is 0 Å². The average Bonchev–Trinajstić information content (AvgIpc) is 2.16. The van der Waals surface area contributed by atoms with Gasteiger partial charge in [0.15, 0.2) is 0 Å². The van der Waals surface area contributed by atoms with Gasteiger partial charge in [0.1, 0.15) is 0 Å². The van der Waals surface area contributed by atoms with Gasteiger partial charge in [0.05, 0.1) is 0 Å². The predicted octanol–water partition coefficient (Wildman–Crippen LogP) is 4.98. The Hall–Kier alpha value is -0.300. The molecule has 0 aromatic carbocycles. The van der Waals surface area contributed by atoms with Crippen LogP contribution in [-0.2, 0) is 0 Å². The maximum absolute atomic E-state index is 3.20. The average molecular weight is 243 g/mol. The second-order valence-electron chi connectivity index (χ2n) is 2.98. The van der Waals surface area contributed by atoms with E-state index in [4.69, 9.17) is 0 Å². The Labute approximate surface area is 90.6 Å². The zero-order valence-corrected chi connectivity index (χ0v) is 9.96. The van der Waals surface area contributed by atoms with E-state index in [0.717, 1.165) is 0 Å². The number of unbranched alkanes of at least 4 members (excludes halogenated alkanes) is 4. The summed E-state index contributed by atoms with van der Waals surface area (Å²) in [5.74, 6) is 0. The molecule has 0 aliphatic carbocycles. The van der Waals surface area contributed by atoms with Gasteiger partial charge in [-0.3, -0.25) is 0 Å². The van der Waals surface area contributed by atoms with E-state index in [2.05, 4.69) is 41.1 Å². The Balaban J connectivity index is 3.21. The zero-order valence-electron chi connectivity index (χ0n) is 8.38. The lowest BCUT2D eigenvalue weighted by Crippen LogP contribution is -1.72. The molecule has 0 saturated carbocycles. The number of rotatable bonds is 7. The van der Waals surface area contributed by atoms with Crippen molar-refractivity contribution in [3.8, 4) is 0 Å². The van der Waals surface area contributed by atoms with Crippen LogP contribution in [0.1, 0.15) is 39.0 Å². The van der Waals surface area contributed by atoms with Crippen molar-refractivity contribution in [3.63, 3.8) is 0 Å².